The van der Waals surface area contributed by atoms with Gasteiger partial charge in [0.1, 0.15) is 0 Å². The van der Waals surface area contributed by atoms with Crippen LogP contribution in [0.4, 0.5) is 0 Å². The molecular formula is C29H25I. The minimum Gasteiger partial charge on any atom is -0.0934 e. The number of rotatable bonds is 1. The van der Waals surface area contributed by atoms with Gasteiger partial charge in [-0.05, 0) is 83.7 Å². The number of hydrogen-bond acceptors (Lipinski definition) is 0. The van der Waals surface area contributed by atoms with Gasteiger partial charge in [0.2, 0.25) is 0 Å². The summed E-state index contributed by atoms with van der Waals surface area (Å²) in [6.07, 6.45) is 2.39. The zero-order valence-corrected chi connectivity index (χ0v) is 20.0. The molecule has 1 heterocycles. The van der Waals surface area contributed by atoms with Crippen LogP contribution >= 0.6 is 20.7 Å². The molecule has 0 N–H and O–H groups in total. The predicted octanol–water partition coefficient (Wildman–Crippen LogP) is 7.67. The Balaban J connectivity index is 1.74. The molecule has 0 nitrogen and oxygen atoms in total. The van der Waals surface area contributed by atoms with Gasteiger partial charge in [-0.25, -0.2) is 0 Å². The van der Waals surface area contributed by atoms with E-state index in [0.717, 1.165) is 0 Å². The number of hydrogen-bond donors (Lipinski definition) is 0. The van der Waals surface area contributed by atoms with E-state index in [1.807, 2.05) is 0 Å². The van der Waals surface area contributed by atoms with Crippen molar-refractivity contribution in [3.05, 3.63) is 110 Å². The third kappa shape index (κ3) is 2.14. The Morgan fingerprint density at radius 2 is 1.43 bits per heavy atom. The van der Waals surface area contributed by atoms with Crippen molar-refractivity contribution in [2.45, 2.75) is 38.5 Å². The molecule has 30 heavy (non-hydrogen) atoms. The first-order valence-electron chi connectivity index (χ1n) is 10.7. The molecule has 148 valence electrons. The number of allylic oxidation sites excluding steroid dienone is 3. The van der Waals surface area contributed by atoms with E-state index < -0.39 is 0 Å². The summed E-state index contributed by atoms with van der Waals surface area (Å²) >= 11 is -0.0225. The predicted molar refractivity (Wildman–Crippen MR) is 138 cm³/mol. The largest absolute Gasteiger partial charge is 0.0934 e. The molecule has 1 aliphatic heterocycles. The van der Waals surface area contributed by atoms with Crippen LogP contribution in [0.5, 0.6) is 0 Å². The molecule has 3 aliphatic rings. The monoisotopic (exact) mass is 500 g/mol. The molecule has 0 amide bonds. The van der Waals surface area contributed by atoms with Crippen molar-refractivity contribution in [2.24, 2.45) is 0 Å². The molecule has 3 aromatic carbocycles. The number of aryl methyl sites for hydroxylation is 1. The first-order chi connectivity index (χ1) is 14.5. The van der Waals surface area contributed by atoms with Gasteiger partial charge in [0.05, 0.1) is 0 Å². The third-order valence-electron chi connectivity index (χ3n) is 7.50. The Kier molecular flexibility index (Phi) is 3.78. The second-order valence-electron chi connectivity index (χ2n) is 9.38. The number of benzene rings is 3. The van der Waals surface area contributed by atoms with Crippen molar-refractivity contribution < 1.29 is 0 Å². The van der Waals surface area contributed by atoms with Crippen molar-refractivity contribution in [2.75, 3.05) is 0 Å². The van der Waals surface area contributed by atoms with E-state index in [1.54, 1.807) is 0 Å². The quantitative estimate of drug-likeness (QED) is 0.301. The van der Waals surface area contributed by atoms with Crippen LogP contribution in [0.2, 0.25) is 0 Å². The second kappa shape index (κ2) is 6.13. The van der Waals surface area contributed by atoms with Crippen molar-refractivity contribution in [3.63, 3.8) is 0 Å². The fraction of sp³-hybridized carbons (Fsp3) is 0.207. The third-order valence-corrected chi connectivity index (χ3v) is 9.26. The SMILES string of the molecule is Cc1cccc2c1C(C)(C)c1cccc(C3(C)C4=CI=CC=C4c4ccccc43)c1-2. The van der Waals surface area contributed by atoms with Crippen LogP contribution in [0, 0.1) is 6.92 Å². The lowest BCUT2D eigenvalue weighted by atomic mass is 9.71. The zero-order valence-electron chi connectivity index (χ0n) is 17.9. The average Bonchev–Trinajstić information content (AvgIpc) is 3.17. The summed E-state index contributed by atoms with van der Waals surface area (Å²) in [5, 5.41) is 0. The highest BCUT2D eigenvalue weighted by molar-refractivity contribution is 14.2. The van der Waals surface area contributed by atoms with Crippen LogP contribution in [0.3, 0.4) is 0 Å². The zero-order chi connectivity index (χ0) is 20.7. The summed E-state index contributed by atoms with van der Waals surface area (Å²) in [6, 6.07) is 22.9. The van der Waals surface area contributed by atoms with Gasteiger partial charge in [0.25, 0.3) is 0 Å². The fourth-order valence-corrected chi connectivity index (χ4v) is 8.26. The molecule has 0 radical (unpaired) electrons. The summed E-state index contributed by atoms with van der Waals surface area (Å²) < 4.78 is 4.96. The molecule has 0 saturated heterocycles. The highest BCUT2D eigenvalue weighted by Gasteiger charge is 2.47. The maximum atomic E-state index is 2.56. The summed E-state index contributed by atoms with van der Waals surface area (Å²) in [4.78, 5) is 0. The summed E-state index contributed by atoms with van der Waals surface area (Å²) in [5.74, 6) is 0. The topological polar surface area (TPSA) is 0 Å². The maximum Gasteiger partial charge on any atom is 0.0446 e. The molecule has 3 aromatic rings. The first-order valence-corrected chi connectivity index (χ1v) is 13.2. The van der Waals surface area contributed by atoms with E-state index >= 15 is 0 Å². The average molecular weight is 500 g/mol. The van der Waals surface area contributed by atoms with E-state index in [1.165, 1.54) is 55.7 Å². The van der Waals surface area contributed by atoms with Crippen LogP contribution in [0.25, 0.3) is 16.7 Å². The van der Waals surface area contributed by atoms with Gasteiger partial charge in [0.15, 0.2) is 0 Å². The lowest BCUT2D eigenvalue weighted by Gasteiger charge is -2.32. The van der Waals surface area contributed by atoms with Crippen LogP contribution < -0.4 is 0 Å². The summed E-state index contributed by atoms with van der Waals surface area (Å²) in [6.45, 7) is 9.52. The minimum absolute atomic E-state index is 0.0225. The van der Waals surface area contributed by atoms with Crippen molar-refractivity contribution in [3.8, 4) is 11.1 Å². The van der Waals surface area contributed by atoms with Gasteiger partial charge >= 0.3 is 0 Å². The van der Waals surface area contributed by atoms with E-state index in [2.05, 4.69) is 103 Å². The van der Waals surface area contributed by atoms with E-state index in [9.17, 15) is 0 Å². The highest BCUT2D eigenvalue weighted by Crippen LogP contribution is 2.60. The molecular weight excluding hydrogens is 475 g/mol. The molecule has 0 aromatic heterocycles. The molecule has 0 saturated carbocycles. The van der Waals surface area contributed by atoms with Gasteiger partial charge in [-0.1, -0.05) is 95.2 Å². The van der Waals surface area contributed by atoms with E-state index in [4.69, 9.17) is 0 Å². The van der Waals surface area contributed by atoms with Crippen LogP contribution in [-0.4, -0.2) is 4.01 Å². The molecule has 1 unspecified atom stereocenters. The summed E-state index contributed by atoms with van der Waals surface area (Å²) in [7, 11) is 0. The Bertz CT molecular complexity index is 1330. The maximum absolute atomic E-state index is 2.56. The molecule has 1 heteroatoms. The molecule has 0 spiro atoms. The van der Waals surface area contributed by atoms with Crippen molar-refractivity contribution in [1.82, 2.24) is 0 Å². The molecule has 1 atom stereocenters. The summed E-state index contributed by atoms with van der Waals surface area (Å²) in [5.41, 5.74) is 14.5. The van der Waals surface area contributed by atoms with Gasteiger partial charge in [-0.15, -0.1) is 0 Å². The fourth-order valence-electron chi connectivity index (χ4n) is 6.17. The van der Waals surface area contributed by atoms with Gasteiger partial charge in [-0.3, -0.25) is 0 Å². The normalized spacial score (nSPS) is 22.3. The minimum atomic E-state index is -0.108. The Hall–Kier alpha value is -2.26. The Labute approximate surface area is 189 Å². The van der Waals surface area contributed by atoms with Crippen LogP contribution in [0.1, 0.15) is 54.2 Å². The van der Waals surface area contributed by atoms with Gasteiger partial charge in [-0.2, -0.15) is 0 Å². The Morgan fingerprint density at radius 3 is 2.30 bits per heavy atom. The molecule has 6 rings (SSSR count). The molecule has 0 fully saturated rings. The number of halogens is 1. The second-order valence-corrected chi connectivity index (χ2v) is 11.4. The standard InChI is InChI=1S/C29H25I/c1-18-9-7-11-21-26-23(28(2,3)27(18)21)13-8-14-24(26)29(4)22-12-6-5-10-19(22)20-15-16-30-17-25(20)29/h5-17H,1-4H3. The van der Waals surface area contributed by atoms with Crippen LogP contribution in [0.15, 0.2) is 76.4 Å². The number of fused-ring (bicyclic) bond motifs is 6. The van der Waals surface area contributed by atoms with E-state index in [0.29, 0.717) is 0 Å². The first kappa shape index (κ1) is 18.5. The highest BCUT2D eigenvalue weighted by atomic mass is 127. The Morgan fingerprint density at radius 1 is 0.733 bits per heavy atom. The van der Waals surface area contributed by atoms with E-state index in [-0.39, 0.29) is 31.6 Å². The molecule has 2 aliphatic carbocycles. The lowest BCUT2D eigenvalue weighted by Crippen LogP contribution is -2.24. The van der Waals surface area contributed by atoms with Gasteiger partial charge < -0.3 is 0 Å². The van der Waals surface area contributed by atoms with Crippen LogP contribution in [-0.2, 0) is 10.8 Å². The lowest BCUT2D eigenvalue weighted by molar-refractivity contribution is 0.652. The molecule has 0 bridgehead atoms. The van der Waals surface area contributed by atoms with Crippen molar-refractivity contribution in [1.29, 1.82) is 0 Å². The van der Waals surface area contributed by atoms with Crippen molar-refractivity contribution >= 4 is 30.3 Å². The smallest absolute Gasteiger partial charge is 0.0446 e. The van der Waals surface area contributed by atoms with Gasteiger partial charge in [0, 0.05) is 10.8 Å².